The first-order chi connectivity index (χ1) is 7.52. The summed E-state index contributed by atoms with van der Waals surface area (Å²) in [5.74, 6) is 5.36. The van der Waals surface area contributed by atoms with E-state index in [2.05, 4.69) is 36.6 Å². The number of carbonyl (C=O) groups excluding carboxylic acids is 1. The van der Waals surface area contributed by atoms with Crippen molar-refractivity contribution in [3.05, 3.63) is 0 Å². The average Bonchev–Trinajstić information content (AvgIpc) is 2.17. The van der Waals surface area contributed by atoms with Crippen LogP contribution in [-0.4, -0.2) is 38.0 Å². The first kappa shape index (κ1) is 15.7. The van der Waals surface area contributed by atoms with Crippen molar-refractivity contribution in [3.63, 3.8) is 0 Å². The maximum Gasteiger partial charge on any atom is 0.248 e. The minimum atomic E-state index is -0.235. The Hall–Kier alpha value is -0.300. The first-order valence-corrected chi connectivity index (χ1v) is 5.92. The van der Waals surface area contributed by atoms with Crippen LogP contribution in [-0.2, 0) is 14.4 Å². The Morgan fingerprint density at radius 1 is 1.50 bits per heavy atom. The van der Waals surface area contributed by atoms with Gasteiger partial charge in [-0.25, -0.2) is 5.90 Å². The van der Waals surface area contributed by atoms with Crippen molar-refractivity contribution in [2.45, 2.75) is 20.3 Å². The summed E-state index contributed by atoms with van der Waals surface area (Å²) in [6, 6.07) is 0. The number of rotatable bonds is 9. The number of nitrogens with one attached hydrogen (secondary N) is 1. The van der Waals surface area contributed by atoms with Gasteiger partial charge in [-0.1, -0.05) is 13.8 Å². The van der Waals surface area contributed by atoms with Crippen LogP contribution < -0.4 is 11.2 Å². The highest BCUT2D eigenvalue weighted by atomic mass is 32.1. The number of ether oxygens (including phenoxy) is 1. The van der Waals surface area contributed by atoms with Gasteiger partial charge in [0.05, 0.1) is 13.2 Å². The Balaban J connectivity index is 3.42. The molecule has 1 amide bonds. The standard InChI is InChI=1S/C10H22N2O3S/c1-10(2,3-6-16)8-14-5-4-12-9(13)7-15-11/h16H,3-8,11H2,1-2H3,(H,12,13). The Morgan fingerprint density at radius 3 is 2.75 bits per heavy atom. The molecule has 16 heavy (non-hydrogen) atoms. The van der Waals surface area contributed by atoms with Crippen LogP contribution in [0.4, 0.5) is 0 Å². The van der Waals surface area contributed by atoms with E-state index in [1.54, 1.807) is 0 Å². The van der Waals surface area contributed by atoms with Crippen LogP contribution in [0.5, 0.6) is 0 Å². The molecule has 0 fully saturated rings. The zero-order chi connectivity index (χ0) is 12.4. The molecule has 0 aromatic carbocycles. The molecule has 0 rings (SSSR count). The van der Waals surface area contributed by atoms with Gasteiger partial charge in [0.2, 0.25) is 5.91 Å². The molecule has 0 aromatic rings. The summed E-state index contributed by atoms with van der Waals surface area (Å²) >= 11 is 4.19. The third-order valence-corrected chi connectivity index (χ3v) is 2.29. The van der Waals surface area contributed by atoms with E-state index in [0.29, 0.717) is 19.8 Å². The van der Waals surface area contributed by atoms with Crippen LogP contribution in [0.3, 0.4) is 0 Å². The molecular weight excluding hydrogens is 228 g/mol. The zero-order valence-corrected chi connectivity index (χ0v) is 10.9. The summed E-state index contributed by atoms with van der Waals surface area (Å²) in [5.41, 5.74) is 0.131. The fourth-order valence-corrected chi connectivity index (χ4v) is 1.72. The molecule has 0 aliphatic rings. The lowest BCUT2D eigenvalue weighted by molar-refractivity contribution is -0.126. The molecule has 0 spiro atoms. The minimum absolute atomic E-state index is 0.120. The van der Waals surface area contributed by atoms with E-state index in [0.717, 1.165) is 12.2 Å². The zero-order valence-electron chi connectivity index (χ0n) is 9.99. The van der Waals surface area contributed by atoms with Crippen molar-refractivity contribution in [2.75, 3.05) is 32.1 Å². The number of hydrogen-bond acceptors (Lipinski definition) is 5. The third kappa shape index (κ3) is 8.96. The Bertz CT molecular complexity index is 201. The van der Waals surface area contributed by atoms with Crippen LogP contribution in [0.2, 0.25) is 0 Å². The highest BCUT2D eigenvalue weighted by Crippen LogP contribution is 2.20. The predicted octanol–water partition coefficient (Wildman–Crippen LogP) is 0.356. The van der Waals surface area contributed by atoms with Crippen LogP contribution in [0.15, 0.2) is 0 Å². The average molecular weight is 250 g/mol. The van der Waals surface area contributed by atoms with Crippen LogP contribution in [0, 0.1) is 5.41 Å². The molecule has 0 atom stereocenters. The summed E-state index contributed by atoms with van der Waals surface area (Å²) in [6.45, 7) is 5.77. The van der Waals surface area contributed by atoms with Crippen molar-refractivity contribution < 1.29 is 14.4 Å². The summed E-state index contributed by atoms with van der Waals surface area (Å²) < 4.78 is 5.46. The molecule has 0 aliphatic carbocycles. The van der Waals surface area contributed by atoms with Gasteiger partial charge in [0.1, 0.15) is 6.61 Å². The fraction of sp³-hybridized carbons (Fsp3) is 0.900. The maximum absolute atomic E-state index is 10.9. The lowest BCUT2D eigenvalue weighted by Crippen LogP contribution is -2.32. The molecule has 0 bridgehead atoms. The molecule has 0 unspecified atom stereocenters. The molecule has 0 saturated heterocycles. The predicted molar refractivity (Wildman–Crippen MR) is 66.2 cm³/mol. The summed E-state index contributed by atoms with van der Waals surface area (Å²) in [5, 5.41) is 2.62. The summed E-state index contributed by atoms with van der Waals surface area (Å²) in [7, 11) is 0. The monoisotopic (exact) mass is 250 g/mol. The van der Waals surface area contributed by atoms with Gasteiger partial charge in [0, 0.05) is 6.54 Å². The van der Waals surface area contributed by atoms with Crippen molar-refractivity contribution >= 4 is 18.5 Å². The lowest BCUT2D eigenvalue weighted by Gasteiger charge is -2.23. The molecule has 96 valence electrons. The molecule has 5 nitrogen and oxygen atoms in total. The summed E-state index contributed by atoms with van der Waals surface area (Å²) in [4.78, 5) is 15.1. The second kappa shape index (κ2) is 8.81. The first-order valence-electron chi connectivity index (χ1n) is 5.29. The number of hydrogen-bond donors (Lipinski definition) is 3. The number of thiol groups is 1. The van der Waals surface area contributed by atoms with E-state index in [1.165, 1.54) is 0 Å². The number of amides is 1. The Labute approximate surface area is 102 Å². The largest absolute Gasteiger partial charge is 0.379 e. The Kier molecular flexibility index (Phi) is 8.64. The van der Waals surface area contributed by atoms with E-state index in [4.69, 9.17) is 10.6 Å². The van der Waals surface area contributed by atoms with E-state index in [9.17, 15) is 4.79 Å². The van der Waals surface area contributed by atoms with Gasteiger partial charge in [-0.05, 0) is 17.6 Å². The van der Waals surface area contributed by atoms with Crippen LogP contribution >= 0.6 is 12.6 Å². The van der Waals surface area contributed by atoms with Crippen LogP contribution in [0.1, 0.15) is 20.3 Å². The molecule has 0 heterocycles. The number of carbonyl (C=O) groups is 1. The minimum Gasteiger partial charge on any atom is -0.379 e. The smallest absolute Gasteiger partial charge is 0.248 e. The van der Waals surface area contributed by atoms with Crippen molar-refractivity contribution in [2.24, 2.45) is 11.3 Å². The molecule has 6 heteroatoms. The topological polar surface area (TPSA) is 73.6 Å². The van der Waals surface area contributed by atoms with Crippen molar-refractivity contribution in [1.82, 2.24) is 5.32 Å². The number of nitrogens with two attached hydrogens (primary N) is 1. The van der Waals surface area contributed by atoms with Gasteiger partial charge in [-0.15, -0.1) is 0 Å². The normalized spacial score (nSPS) is 11.5. The third-order valence-electron chi connectivity index (χ3n) is 2.06. The second-order valence-electron chi connectivity index (χ2n) is 4.35. The van der Waals surface area contributed by atoms with Gasteiger partial charge >= 0.3 is 0 Å². The molecular formula is C10H22N2O3S. The molecule has 0 radical (unpaired) electrons. The summed E-state index contributed by atoms with van der Waals surface area (Å²) in [6.07, 6.45) is 1.00. The van der Waals surface area contributed by atoms with Gasteiger partial charge in [-0.3, -0.25) is 9.63 Å². The maximum atomic E-state index is 10.9. The Morgan fingerprint density at radius 2 is 2.19 bits per heavy atom. The van der Waals surface area contributed by atoms with Crippen molar-refractivity contribution in [1.29, 1.82) is 0 Å². The van der Waals surface area contributed by atoms with Crippen molar-refractivity contribution in [3.8, 4) is 0 Å². The van der Waals surface area contributed by atoms with E-state index < -0.39 is 0 Å². The second-order valence-corrected chi connectivity index (χ2v) is 4.80. The fourth-order valence-electron chi connectivity index (χ4n) is 1.11. The van der Waals surface area contributed by atoms with E-state index >= 15 is 0 Å². The lowest BCUT2D eigenvalue weighted by atomic mass is 9.92. The SMILES string of the molecule is CC(C)(CCS)COCCNC(=O)CON. The molecule has 0 aliphatic heterocycles. The molecule has 0 aromatic heterocycles. The highest BCUT2D eigenvalue weighted by molar-refractivity contribution is 7.80. The highest BCUT2D eigenvalue weighted by Gasteiger charge is 2.16. The van der Waals surface area contributed by atoms with E-state index in [-0.39, 0.29) is 17.9 Å². The van der Waals surface area contributed by atoms with Gasteiger partial charge in [0.25, 0.3) is 0 Å². The van der Waals surface area contributed by atoms with Gasteiger partial charge in [-0.2, -0.15) is 12.6 Å². The van der Waals surface area contributed by atoms with Crippen LogP contribution in [0.25, 0.3) is 0 Å². The molecule has 0 saturated carbocycles. The van der Waals surface area contributed by atoms with E-state index in [1.807, 2.05) is 0 Å². The van der Waals surface area contributed by atoms with Gasteiger partial charge < -0.3 is 10.1 Å². The molecule has 3 N–H and O–H groups in total. The van der Waals surface area contributed by atoms with Gasteiger partial charge in [0.15, 0.2) is 0 Å². The quantitative estimate of drug-likeness (QED) is 0.314.